The number of benzene rings is 2. The van der Waals surface area contributed by atoms with Crippen LogP contribution in [0.1, 0.15) is 45.2 Å². The largest absolute Gasteiger partial charge is 0.490 e. The number of rotatable bonds is 10. The number of ether oxygens (including phenoxy) is 2. The summed E-state index contributed by atoms with van der Waals surface area (Å²) in [5.74, 6) is 1.64. The van der Waals surface area contributed by atoms with Crippen molar-refractivity contribution in [3.8, 4) is 11.5 Å². The van der Waals surface area contributed by atoms with E-state index in [1.165, 1.54) is 11.1 Å². The second-order valence-electron chi connectivity index (χ2n) is 6.69. The third-order valence-corrected chi connectivity index (χ3v) is 4.03. The van der Waals surface area contributed by atoms with E-state index in [4.69, 9.17) is 9.47 Å². The normalized spacial score (nSPS) is 12.2. The Kier molecular flexibility index (Phi) is 7.80. The van der Waals surface area contributed by atoms with Crippen LogP contribution in [-0.4, -0.2) is 18.8 Å². The molecule has 0 radical (unpaired) electrons. The fourth-order valence-electron chi connectivity index (χ4n) is 2.70. The van der Waals surface area contributed by atoms with Crippen LogP contribution in [0.3, 0.4) is 0 Å². The molecule has 0 aliphatic heterocycles. The first-order chi connectivity index (χ1) is 12.1. The Hall–Kier alpha value is -2.00. The number of hydrogen-bond donors (Lipinski definition) is 1. The second kappa shape index (κ2) is 10.1. The van der Waals surface area contributed by atoms with E-state index in [2.05, 4.69) is 54.7 Å². The first-order valence-corrected chi connectivity index (χ1v) is 9.28. The molecule has 0 unspecified atom stereocenters. The second-order valence-corrected chi connectivity index (χ2v) is 6.69. The fourth-order valence-corrected chi connectivity index (χ4v) is 2.70. The molecule has 2 rings (SSSR count). The van der Waals surface area contributed by atoms with Gasteiger partial charge in [0.25, 0.3) is 0 Å². The van der Waals surface area contributed by atoms with Crippen LogP contribution in [0.15, 0.2) is 48.5 Å². The predicted octanol–water partition coefficient (Wildman–Crippen LogP) is 4.98. The highest BCUT2D eigenvalue weighted by Crippen LogP contribution is 2.29. The van der Waals surface area contributed by atoms with Gasteiger partial charge in [0, 0.05) is 12.6 Å². The fraction of sp³-hybridized carbons (Fsp3) is 0.455. The molecule has 3 nitrogen and oxygen atoms in total. The van der Waals surface area contributed by atoms with E-state index in [-0.39, 0.29) is 6.10 Å². The molecule has 0 aliphatic rings. The molecule has 136 valence electrons. The van der Waals surface area contributed by atoms with E-state index in [0.29, 0.717) is 12.6 Å². The lowest BCUT2D eigenvalue weighted by atomic mass is 10.1. The van der Waals surface area contributed by atoms with E-state index in [9.17, 15) is 0 Å². The molecule has 0 aliphatic carbocycles. The molecule has 0 amide bonds. The van der Waals surface area contributed by atoms with Crippen LogP contribution in [-0.2, 0) is 13.0 Å². The van der Waals surface area contributed by atoms with Crippen LogP contribution in [0.2, 0.25) is 0 Å². The summed E-state index contributed by atoms with van der Waals surface area (Å²) in [6, 6.07) is 17.3. The average Bonchev–Trinajstić information content (AvgIpc) is 2.61. The summed E-state index contributed by atoms with van der Waals surface area (Å²) in [5.41, 5.74) is 2.61. The van der Waals surface area contributed by atoms with Crippen molar-refractivity contribution in [1.29, 1.82) is 0 Å². The summed E-state index contributed by atoms with van der Waals surface area (Å²) in [7, 11) is 0. The van der Waals surface area contributed by atoms with Crippen molar-refractivity contribution in [2.24, 2.45) is 0 Å². The van der Waals surface area contributed by atoms with Crippen molar-refractivity contribution >= 4 is 0 Å². The summed E-state index contributed by atoms with van der Waals surface area (Å²) in [6.45, 7) is 9.76. The Balaban J connectivity index is 1.87. The van der Waals surface area contributed by atoms with Gasteiger partial charge in [-0.3, -0.25) is 0 Å². The van der Waals surface area contributed by atoms with E-state index >= 15 is 0 Å². The van der Waals surface area contributed by atoms with Gasteiger partial charge < -0.3 is 14.8 Å². The standard InChI is InChI=1S/C22H31NO2/c1-5-24-22-15-20(13-14-21(22)25-17(2)3)16-23-18(4)11-12-19-9-7-6-8-10-19/h6-10,13-15,17-18,23H,5,11-12,16H2,1-4H3/t18-/m0/s1. The van der Waals surface area contributed by atoms with Crippen LogP contribution < -0.4 is 14.8 Å². The molecule has 1 N–H and O–H groups in total. The maximum absolute atomic E-state index is 5.82. The third-order valence-electron chi connectivity index (χ3n) is 4.03. The zero-order valence-corrected chi connectivity index (χ0v) is 15.9. The minimum atomic E-state index is 0.140. The van der Waals surface area contributed by atoms with Gasteiger partial charge in [-0.1, -0.05) is 36.4 Å². The van der Waals surface area contributed by atoms with Gasteiger partial charge in [0.2, 0.25) is 0 Å². The molecular formula is C22H31NO2. The topological polar surface area (TPSA) is 30.5 Å². The summed E-state index contributed by atoms with van der Waals surface area (Å²) < 4.78 is 11.6. The molecule has 1 atom stereocenters. The van der Waals surface area contributed by atoms with Gasteiger partial charge in [0.05, 0.1) is 12.7 Å². The van der Waals surface area contributed by atoms with Crippen LogP contribution in [0.5, 0.6) is 11.5 Å². The molecule has 2 aromatic carbocycles. The molecule has 0 bridgehead atoms. The Bertz CT molecular complexity index is 625. The lowest BCUT2D eigenvalue weighted by Crippen LogP contribution is -2.26. The van der Waals surface area contributed by atoms with Gasteiger partial charge in [-0.25, -0.2) is 0 Å². The third kappa shape index (κ3) is 6.79. The van der Waals surface area contributed by atoms with E-state index in [1.807, 2.05) is 26.8 Å². The highest BCUT2D eigenvalue weighted by atomic mass is 16.5. The van der Waals surface area contributed by atoms with Crippen molar-refractivity contribution in [1.82, 2.24) is 5.32 Å². The Morgan fingerprint density at radius 3 is 2.36 bits per heavy atom. The summed E-state index contributed by atoms with van der Waals surface area (Å²) in [6.07, 6.45) is 2.36. The van der Waals surface area contributed by atoms with Crippen LogP contribution >= 0.6 is 0 Å². The summed E-state index contributed by atoms with van der Waals surface area (Å²) >= 11 is 0. The average molecular weight is 341 g/mol. The van der Waals surface area contributed by atoms with Gasteiger partial charge in [0.1, 0.15) is 0 Å². The minimum absolute atomic E-state index is 0.140. The Morgan fingerprint density at radius 2 is 1.68 bits per heavy atom. The predicted molar refractivity (Wildman–Crippen MR) is 104 cm³/mol. The van der Waals surface area contributed by atoms with Crippen LogP contribution in [0, 0.1) is 0 Å². The Morgan fingerprint density at radius 1 is 0.920 bits per heavy atom. The SMILES string of the molecule is CCOc1cc(CN[C@@H](C)CCc2ccccc2)ccc1OC(C)C. The van der Waals surface area contributed by atoms with Crippen LogP contribution in [0.4, 0.5) is 0 Å². The molecule has 2 aromatic rings. The zero-order valence-electron chi connectivity index (χ0n) is 15.9. The molecule has 0 spiro atoms. The van der Waals surface area contributed by atoms with Gasteiger partial charge in [-0.2, -0.15) is 0 Å². The van der Waals surface area contributed by atoms with Crippen molar-refractivity contribution in [3.63, 3.8) is 0 Å². The molecule has 3 heteroatoms. The molecule has 25 heavy (non-hydrogen) atoms. The van der Waals surface area contributed by atoms with Crippen molar-refractivity contribution < 1.29 is 9.47 Å². The number of aryl methyl sites for hydroxylation is 1. The molecule has 0 fully saturated rings. The molecular weight excluding hydrogens is 310 g/mol. The quantitative estimate of drug-likeness (QED) is 0.661. The highest BCUT2D eigenvalue weighted by molar-refractivity contribution is 5.43. The lowest BCUT2D eigenvalue weighted by Gasteiger charge is -2.17. The molecule has 0 heterocycles. The number of hydrogen-bond acceptors (Lipinski definition) is 3. The highest BCUT2D eigenvalue weighted by Gasteiger charge is 2.09. The lowest BCUT2D eigenvalue weighted by molar-refractivity contribution is 0.223. The van der Waals surface area contributed by atoms with E-state index in [1.54, 1.807) is 0 Å². The van der Waals surface area contributed by atoms with Gasteiger partial charge in [-0.05, 0) is 63.8 Å². The number of nitrogens with one attached hydrogen (secondary N) is 1. The first-order valence-electron chi connectivity index (χ1n) is 9.28. The monoisotopic (exact) mass is 341 g/mol. The molecule has 0 aromatic heterocycles. The van der Waals surface area contributed by atoms with Gasteiger partial charge in [-0.15, -0.1) is 0 Å². The van der Waals surface area contributed by atoms with E-state index < -0.39 is 0 Å². The van der Waals surface area contributed by atoms with E-state index in [0.717, 1.165) is 30.9 Å². The maximum Gasteiger partial charge on any atom is 0.161 e. The van der Waals surface area contributed by atoms with Crippen LogP contribution in [0.25, 0.3) is 0 Å². The first kappa shape index (κ1) is 19.3. The molecule has 0 saturated carbocycles. The van der Waals surface area contributed by atoms with Crippen molar-refractivity contribution in [2.75, 3.05) is 6.61 Å². The zero-order chi connectivity index (χ0) is 18.1. The summed E-state index contributed by atoms with van der Waals surface area (Å²) in [5, 5.41) is 3.60. The molecule has 0 saturated heterocycles. The maximum atomic E-state index is 5.82. The van der Waals surface area contributed by atoms with Gasteiger partial charge >= 0.3 is 0 Å². The van der Waals surface area contributed by atoms with Crippen molar-refractivity contribution in [3.05, 3.63) is 59.7 Å². The van der Waals surface area contributed by atoms with Gasteiger partial charge in [0.15, 0.2) is 11.5 Å². The minimum Gasteiger partial charge on any atom is -0.490 e. The summed E-state index contributed by atoms with van der Waals surface area (Å²) in [4.78, 5) is 0. The Labute approximate surface area is 152 Å². The smallest absolute Gasteiger partial charge is 0.161 e. The van der Waals surface area contributed by atoms with Crippen molar-refractivity contribution in [2.45, 2.75) is 59.2 Å².